The highest BCUT2D eigenvalue weighted by molar-refractivity contribution is 9.10. The first-order valence-electron chi connectivity index (χ1n) is 8.75. The average Bonchev–Trinajstić information content (AvgIpc) is 3.06. The van der Waals surface area contributed by atoms with Crippen molar-refractivity contribution >= 4 is 60.7 Å². The summed E-state index contributed by atoms with van der Waals surface area (Å²) in [4.78, 5) is 13.1. The highest BCUT2D eigenvalue weighted by atomic mass is 79.9. The number of allylic oxidation sites excluding steroid dienone is 1. The normalized spacial score (nSPS) is 16.2. The van der Waals surface area contributed by atoms with Gasteiger partial charge in [-0.2, -0.15) is 10.5 Å². The number of halogens is 2. The van der Waals surface area contributed by atoms with Gasteiger partial charge in [0, 0.05) is 8.95 Å². The van der Waals surface area contributed by atoms with Crippen molar-refractivity contribution in [1.29, 1.82) is 10.5 Å². The summed E-state index contributed by atoms with van der Waals surface area (Å²) in [7, 11) is 0. The molecule has 0 aliphatic carbocycles. The van der Waals surface area contributed by atoms with Crippen LogP contribution in [0.4, 0.5) is 0 Å². The van der Waals surface area contributed by atoms with Crippen LogP contribution in [0.5, 0.6) is 0 Å². The lowest BCUT2D eigenvalue weighted by Crippen LogP contribution is -2.38. The van der Waals surface area contributed by atoms with E-state index in [0.29, 0.717) is 14.8 Å². The smallest absolute Gasteiger partial charge is 0.274 e. The van der Waals surface area contributed by atoms with Gasteiger partial charge in [0.1, 0.15) is 10.5 Å². The number of benzene rings is 2. The van der Waals surface area contributed by atoms with E-state index in [1.807, 2.05) is 48.5 Å². The second-order valence-corrected chi connectivity index (χ2v) is 9.21. The molecular weight excluding hydrogens is 528 g/mol. The van der Waals surface area contributed by atoms with Gasteiger partial charge in [-0.15, -0.1) is 11.3 Å². The van der Waals surface area contributed by atoms with Crippen molar-refractivity contribution in [2.24, 2.45) is 5.73 Å². The van der Waals surface area contributed by atoms with Crippen LogP contribution in [0.1, 0.15) is 17.0 Å². The van der Waals surface area contributed by atoms with Gasteiger partial charge in [-0.1, -0.05) is 68.3 Å². The second kappa shape index (κ2) is 8.08. The molecule has 1 aromatic heterocycles. The Morgan fingerprint density at radius 2 is 1.63 bits per heavy atom. The highest BCUT2D eigenvalue weighted by Crippen LogP contribution is 2.38. The topological polar surface area (TPSA) is 95.6 Å². The minimum Gasteiger partial charge on any atom is -0.384 e. The molecule has 0 spiro atoms. The first kappa shape index (κ1) is 20.4. The molecule has 146 valence electrons. The molecule has 0 bridgehead atoms. The molecule has 2 aromatic carbocycles. The lowest BCUT2D eigenvalue weighted by atomic mass is 9.84. The van der Waals surface area contributed by atoms with Gasteiger partial charge >= 0.3 is 0 Å². The van der Waals surface area contributed by atoms with E-state index in [-0.39, 0.29) is 17.0 Å². The number of hydrogen-bond donors (Lipinski definition) is 1. The summed E-state index contributed by atoms with van der Waals surface area (Å²) < 4.78 is 3.75. The first-order valence-corrected chi connectivity index (χ1v) is 11.1. The minimum absolute atomic E-state index is 0.0558. The van der Waals surface area contributed by atoms with E-state index in [0.717, 1.165) is 20.1 Å². The van der Waals surface area contributed by atoms with Gasteiger partial charge in [-0.3, -0.25) is 9.36 Å². The fourth-order valence-corrected chi connectivity index (χ4v) is 5.44. The maximum atomic E-state index is 13.1. The summed E-state index contributed by atoms with van der Waals surface area (Å²) in [5.74, 6) is -0.592. The number of aromatic nitrogens is 1. The van der Waals surface area contributed by atoms with E-state index in [2.05, 4.69) is 44.0 Å². The third-order valence-electron chi connectivity index (χ3n) is 4.80. The lowest BCUT2D eigenvalue weighted by Gasteiger charge is -2.23. The third kappa shape index (κ3) is 3.23. The molecule has 2 N–H and O–H groups in total. The van der Waals surface area contributed by atoms with Crippen molar-refractivity contribution in [3.8, 4) is 12.1 Å². The number of nitrogens with zero attached hydrogens (tertiary/aromatic N) is 3. The Kier molecular flexibility index (Phi) is 5.48. The van der Waals surface area contributed by atoms with Crippen molar-refractivity contribution in [2.75, 3.05) is 0 Å². The molecule has 3 aromatic rings. The van der Waals surface area contributed by atoms with Crippen LogP contribution in [0, 0.1) is 22.7 Å². The molecule has 1 aliphatic rings. The predicted octanol–water partition coefficient (Wildman–Crippen LogP) is 3.39. The van der Waals surface area contributed by atoms with Crippen LogP contribution in [0.2, 0.25) is 0 Å². The molecule has 0 saturated carbocycles. The molecule has 30 heavy (non-hydrogen) atoms. The zero-order chi connectivity index (χ0) is 21.4. The number of fused-ring (bicyclic) bond motifs is 1. The van der Waals surface area contributed by atoms with Crippen LogP contribution in [0.15, 0.2) is 67.8 Å². The van der Waals surface area contributed by atoms with Crippen LogP contribution < -0.4 is 20.5 Å². The summed E-state index contributed by atoms with van der Waals surface area (Å²) >= 11 is 8.18. The Labute approximate surface area is 192 Å². The number of hydrogen-bond acceptors (Lipinski definition) is 5. The van der Waals surface area contributed by atoms with E-state index >= 15 is 0 Å². The van der Waals surface area contributed by atoms with Crippen molar-refractivity contribution in [1.82, 2.24) is 4.57 Å². The second-order valence-electron chi connectivity index (χ2n) is 6.47. The molecule has 0 radical (unpaired) electrons. The van der Waals surface area contributed by atoms with Crippen molar-refractivity contribution in [3.63, 3.8) is 0 Å². The van der Waals surface area contributed by atoms with E-state index in [1.54, 1.807) is 6.08 Å². The maximum absolute atomic E-state index is 13.1. The van der Waals surface area contributed by atoms with Crippen molar-refractivity contribution in [2.45, 2.75) is 5.92 Å². The largest absolute Gasteiger partial charge is 0.384 e. The zero-order valence-electron chi connectivity index (χ0n) is 15.3. The van der Waals surface area contributed by atoms with Gasteiger partial charge in [-0.25, -0.2) is 0 Å². The summed E-state index contributed by atoms with van der Waals surface area (Å²) in [6, 6.07) is 19.2. The summed E-state index contributed by atoms with van der Waals surface area (Å²) in [6.45, 7) is 0. The van der Waals surface area contributed by atoms with Gasteiger partial charge in [-0.05, 0) is 29.3 Å². The molecule has 2 heterocycles. The van der Waals surface area contributed by atoms with E-state index in [9.17, 15) is 15.3 Å². The molecule has 4 rings (SSSR count). The van der Waals surface area contributed by atoms with Crippen LogP contribution in [-0.4, -0.2) is 4.57 Å². The van der Waals surface area contributed by atoms with Crippen LogP contribution in [0.3, 0.4) is 0 Å². The van der Waals surface area contributed by atoms with Gasteiger partial charge in [0.15, 0.2) is 0 Å². The highest BCUT2D eigenvalue weighted by Gasteiger charge is 2.33. The Bertz CT molecular complexity index is 1480. The molecule has 1 aliphatic heterocycles. The maximum Gasteiger partial charge on any atom is 0.274 e. The summed E-state index contributed by atoms with van der Waals surface area (Å²) in [5.41, 5.74) is 8.02. The summed E-state index contributed by atoms with van der Waals surface area (Å²) in [5, 5.41) is 19.8. The standard InChI is InChI=1S/C22H12Br2N4OS/c23-16-7-3-1-5-12(16)9-18-21(29)28-20(27)14(10-25)19(15(11-26)22(28)30-18)13-6-2-4-8-17(13)24/h1-9,19H,27H2/b18-9-. The Morgan fingerprint density at radius 1 is 1.00 bits per heavy atom. The number of nitriles is 2. The molecule has 1 unspecified atom stereocenters. The number of thiazole rings is 1. The van der Waals surface area contributed by atoms with E-state index < -0.39 is 5.92 Å². The fraction of sp³-hybridized carbons (Fsp3) is 0.0455. The number of rotatable bonds is 2. The molecule has 1 atom stereocenters. The van der Waals surface area contributed by atoms with Gasteiger partial charge in [0.05, 0.1) is 33.7 Å². The Hall–Kier alpha value is -2.91. The average molecular weight is 540 g/mol. The lowest BCUT2D eigenvalue weighted by molar-refractivity contribution is 0.904. The Morgan fingerprint density at radius 3 is 2.27 bits per heavy atom. The van der Waals surface area contributed by atoms with Crippen LogP contribution in [-0.2, 0) is 0 Å². The van der Waals surface area contributed by atoms with E-state index in [1.165, 1.54) is 15.9 Å². The SMILES string of the molecule is N#CC1=C(N)n2c(s/c(=C\c3ccccc3Br)c2=O)=C(C#N)C1c1ccccc1Br. The van der Waals surface area contributed by atoms with Crippen LogP contribution >= 0.6 is 43.2 Å². The molecule has 0 fully saturated rings. The molecular formula is C22H12Br2N4OS. The Balaban J connectivity index is 2.10. The van der Waals surface area contributed by atoms with Gasteiger partial charge < -0.3 is 5.73 Å². The number of nitrogens with two attached hydrogens (primary N) is 1. The minimum atomic E-state index is -0.648. The molecule has 0 amide bonds. The molecule has 0 saturated heterocycles. The predicted molar refractivity (Wildman–Crippen MR) is 124 cm³/mol. The first-order chi connectivity index (χ1) is 14.5. The van der Waals surface area contributed by atoms with E-state index in [4.69, 9.17) is 5.73 Å². The third-order valence-corrected chi connectivity index (χ3v) is 7.35. The van der Waals surface area contributed by atoms with Gasteiger partial charge in [0.2, 0.25) is 0 Å². The van der Waals surface area contributed by atoms with Crippen molar-refractivity contribution in [3.05, 3.63) is 93.7 Å². The zero-order valence-corrected chi connectivity index (χ0v) is 19.3. The molecule has 8 heteroatoms. The quantitative estimate of drug-likeness (QED) is 0.540. The van der Waals surface area contributed by atoms with Crippen LogP contribution in [0.25, 0.3) is 17.5 Å². The molecule has 5 nitrogen and oxygen atoms in total. The van der Waals surface area contributed by atoms with Gasteiger partial charge in [0.25, 0.3) is 5.56 Å². The fourth-order valence-electron chi connectivity index (χ4n) is 3.41. The monoisotopic (exact) mass is 538 g/mol. The van der Waals surface area contributed by atoms with Crippen molar-refractivity contribution < 1.29 is 0 Å². The summed E-state index contributed by atoms with van der Waals surface area (Å²) in [6.07, 6.45) is 1.75.